The molecule has 88 valence electrons. The van der Waals surface area contributed by atoms with Gasteiger partial charge in [0.25, 0.3) is 0 Å². The molecule has 10 heteroatoms. The van der Waals surface area contributed by atoms with E-state index in [1.807, 2.05) is 0 Å². The highest BCUT2D eigenvalue weighted by atomic mass is 32.3. The van der Waals surface area contributed by atoms with E-state index >= 15 is 0 Å². The third kappa shape index (κ3) is 6.65. The lowest BCUT2D eigenvalue weighted by atomic mass is 10.5. The van der Waals surface area contributed by atoms with Crippen molar-refractivity contribution in [2.45, 2.75) is 6.54 Å². The molecular formula is C5H11FN4O4S. The Morgan fingerprint density at radius 1 is 1.47 bits per heavy atom. The van der Waals surface area contributed by atoms with Gasteiger partial charge in [-0.15, -0.1) is 0 Å². The van der Waals surface area contributed by atoms with E-state index in [1.165, 1.54) is 10.9 Å². The van der Waals surface area contributed by atoms with E-state index in [9.17, 15) is 4.39 Å². The molecule has 0 fully saturated rings. The second-order valence-electron chi connectivity index (χ2n) is 2.35. The van der Waals surface area contributed by atoms with E-state index in [1.54, 1.807) is 0 Å². The number of hydrogen-bond donors (Lipinski definition) is 4. The minimum absolute atomic E-state index is 0.170. The molecule has 0 spiro atoms. The van der Waals surface area contributed by atoms with Crippen molar-refractivity contribution in [3.05, 3.63) is 6.20 Å². The number of nitrogens with zero attached hydrogens (tertiary/aromatic N) is 2. The zero-order valence-electron chi connectivity index (χ0n) is 7.54. The van der Waals surface area contributed by atoms with Crippen LogP contribution in [0.2, 0.25) is 0 Å². The van der Waals surface area contributed by atoms with Gasteiger partial charge in [0.15, 0.2) is 0 Å². The Bertz CT molecular complexity index is 395. The van der Waals surface area contributed by atoms with E-state index in [4.69, 9.17) is 29.0 Å². The third-order valence-corrected chi connectivity index (χ3v) is 1.21. The highest BCUT2D eigenvalue weighted by Crippen LogP contribution is 2.11. The van der Waals surface area contributed by atoms with Gasteiger partial charge in [0.1, 0.15) is 12.5 Å². The van der Waals surface area contributed by atoms with Crippen molar-refractivity contribution >= 4 is 21.9 Å². The Hall–Kier alpha value is -1.39. The predicted molar refractivity (Wildman–Crippen MR) is 51.2 cm³/mol. The van der Waals surface area contributed by atoms with Crippen LogP contribution in [0.25, 0.3) is 0 Å². The highest BCUT2D eigenvalue weighted by molar-refractivity contribution is 7.79. The summed E-state index contributed by atoms with van der Waals surface area (Å²) in [5.41, 5.74) is 11.1. The zero-order valence-corrected chi connectivity index (χ0v) is 8.35. The lowest BCUT2D eigenvalue weighted by molar-refractivity contribution is 0.381. The van der Waals surface area contributed by atoms with Gasteiger partial charge in [-0.25, -0.2) is 9.07 Å². The average Bonchev–Trinajstić information content (AvgIpc) is 2.34. The summed E-state index contributed by atoms with van der Waals surface area (Å²) >= 11 is 0. The van der Waals surface area contributed by atoms with Crippen molar-refractivity contribution in [3.8, 4) is 0 Å². The summed E-state index contributed by atoms with van der Waals surface area (Å²) in [5.74, 6) is 0.331. The van der Waals surface area contributed by atoms with Gasteiger partial charge in [0.05, 0.1) is 18.4 Å². The van der Waals surface area contributed by atoms with Gasteiger partial charge in [0, 0.05) is 0 Å². The molecule has 15 heavy (non-hydrogen) atoms. The number of aromatic nitrogens is 2. The van der Waals surface area contributed by atoms with E-state index in [0.29, 0.717) is 11.5 Å². The molecule has 1 rings (SSSR count). The Balaban J connectivity index is 0.000000336. The first kappa shape index (κ1) is 13.6. The summed E-state index contributed by atoms with van der Waals surface area (Å²) in [6.07, 6.45) is 1.41. The first-order chi connectivity index (χ1) is 6.75. The van der Waals surface area contributed by atoms with Crippen molar-refractivity contribution < 1.29 is 21.9 Å². The summed E-state index contributed by atoms with van der Waals surface area (Å²) < 4.78 is 44.6. The maximum Gasteiger partial charge on any atom is 0.394 e. The van der Waals surface area contributed by atoms with E-state index in [-0.39, 0.29) is 6.54 Å². The van der Waals surface area contributed by atoms with Gasteiger partial charge in [0.2, 0.25) is 0 Å². The number of nitrogens with two attached hydrogens (primary N) is 2. The molecule has 1 aromatic heterocycles. The molecule has 8 nitrogen and oxygen atoms in total. The molecule has 0 saturated heterocycles. The summed E-state index contributed by atoms with van der Waals surface area (Å²) in [5, 5.41) is 3.73. The summed E-state index contributed by atoms with van der Waals surface area (Å²) in [7, 11) is -4.67. The normalized spacial score (nSPS) is 10.6. The molecule has 1 aromatic rings. The smallest absolute Gasteiger partial charge is 0.394 e. The standard InChI is InChI=1S/C5H9FN4.H2O4S/c6-1-2-10-5(8)4(7)3-9-10;1-5(2,3)4/h3H,1-2,7-8H2;(H2,1,2,3,4). The molecule has 0 aliphatic rings. The molecule has 6 N–H and O–H groups in total. The number of hydrogen-bond acceptors (Lipinski definition) is 5. The van der Waals surface area contributed by atoms with Gasteiger partial charge in [-0.05, 0) is 0 Å². The number of nitrogen functional groups attached to an aromatic ring is 2. The first-order valence-electron chi connectivity index (χ1n) is 3.58. The number of alkyl halides is 1. The molecule has 0 aromatic carbocycles. The summed E-state index contributed by atoms with van der Waals surface area (Å²) in [6, 6.07) is 0. The zero-order chi connectivity index (χ0) is 12.1. The molecule has 0 aliphatic carbocycles. The molecule has 0 amide bonds. The van der Waals surface area contributed by atoms with Crippen LogP contribution in [0.3, 0.4) is 0 Å². The van der Waals surface area contributed by atoms with Crippen molar-refractivity contribution in [2.24, 2.45) is 0 Å². The molecule has 0 saturated carbocycles. The fourth-order valence-electron chi connectivity index (χ4n) is 0.667. The second-order valence-corrected chi connectivity index (χ2v) is 3.24. The fraction of sp³-hybridized carbons (Fsp3) is 0.400. The Kier molecular flexibility index (Phi) is 4.97. The van der Waals surface area contributed by atoms with Crippen LogP contribution >= 0.6 is 0 Å². The van der Waals surface area contributed by atoms with Crippen LogP contribution in [0.5, 0.6) is 0 Å². The first-order valence-corrected chi connectivity index (χ1v) is 4.98. The van der Waals surface area contributed by atoms with E-state index < -0.39 is 17.1 Å². The van der Waals surface area contributed by atoms with Crippen LogP contribution in [0.4, 0.5) is 15.9 Å². The molecule has 0 aliphatic heterocycles. The topological polar surface area (TPSA) is 144 Å². The van der Waals surface area contributed by atoms with Crippen molar-refractivity contribution in [1.82, 2.24) is 9.78 Å². The monoisotopic (exact) mass is 242 g/mol. The highest BCUT2D eigenvalue weighted by Gasteiger charge is 2.01. The number of rotatable bonds is 2. The summed E-state index contributed by atoms with van der Waals surface area (Å²) in [6.45, 7) is -0.311. The largest absolute Gasteiger partial charge is 0.394 e. The summed E-state index contributed by atoms with van der Waals surface area (Å²) in [4.78, 5) is 0. The molecule has 0 radical (unpaired) electrons. The van der Waals surface area contributed by atoms with E-state index in [0.717, 1.165) is 0 Å². The Labute approximate surface area is 85.3 Å². The van der Waals surface area contributed by atoms with Gasteiger partial charge in [-0.3, -0.25) is 9.11 Å². The van der Waals surface area contributed by atoms with Crippen molar-refractivity contribution in [1.29, 1.82) is 0 Å². The predicted octanol–water partition coefficient (Wildman–Crippen LogP) is -0.636. The van der Waals surface area contributed by atoms with E-state index in [2.05, 4.69) is 5.10 Å². The molecule has 0 unspecified atom stereocenters. The van der Waals surface area contributed by atoms with Gasteiger partial charge < -0.3 is 11.5 Å². The van der Waals surface area contributed by atoms with Crippen LogP contribution < -0.4 is 11.5 Å². The van der Waals surface area contributed by atoms with Gasteiger partial charge in [-0.2, -0.15) is 13.5 Å². The van der Waals surface area contributed by atoms with Gasteiger partial charge >= 0.3 is 10.4 Å². The number of anilines is 2. The molecule has 1 heterocycles. The van der Waals surface area contributed by atoms with Crippen LogP contribution in [0, 0.1) is 0 Å². The molecule has 0 atom stereocenters. The maximum atomic E-state index is 11.7. The van der Waals surface area contributed by atoms with Gasteiger partial charge in [-0.1, -0.05) is 0 Å². The maximum absolute atomic E-state index is 11.7. The quantitative estimate of drug-likeness (QED) is 0.505. The van der Waals surface area contributed by atoms with Crippen LogP contribution in [0.1, 0.15) is 0 Å². The van der Waals surface area contributed by atoms with Crippen LogP contribution in [-0.2, 0) is 16.9 Å². The second kappa shape index (κ2) is 5.48. The average molecular weight is 242 g/mol. The fourth-order valence-corrected chi connectivity index (χ4v) is 0.667. The molecular weight excluding hydrogens is 231 g/mol. The minimum atomic E-state index is -4.67. The minimum Gasteiger partial charge on any atom is -0.394 e. The van der Waals surface area contributed by atoms with Crippen LogP contribution in [0.15, 0.2) is 6.20 Å². The number of aryl methyl sites for hydroxylation is 1. The number of halogens is 1. The molecule has 0 bridgehead atoms. The third-order valence-electron chi connectivity index (χ3n) is 1.21. The van der Waals surface area contributed by atoms with Crippen molar-refractivity contribution in [3.63, 3.8) is 0 Å². The Morgan fingerprint density at radius 3 is 2.20 bits per heavy atom. The van der Waals surface area contributed by atoms with Crippen LogP contribution in [-0.4, -0.2) is 34.0 Å². The SMILES string of the molecule is Nc1cnn(CCF)c1N.O=S(=O)(O)O. The Morgan fingerprint density at radius 2 is 1.93 bits per heavy atom. The lowest BCUT2D eigenvalue weighted by Crippen LogP contribution is -2.06. The van der Waals surface area contributed by atoms with Crippen molar-refractivity contribution in [2.75, 3.05) is 18.1 Å². The lowest BCUT2D eigenvalue weighted by Gasteiger charge is -1.98.